The number of methoxy groups -OCH3 is 1. The van der Waals surface area contributed by atoms with Crippen molar-refractivity contribution in [3.63, 3.8) is 0 Å². The maximum atomic E-state index is 12.0. The first-order valence-electron chi connectivity index (χ1n) is 10.2. The maximum Gasteiger partial charge on any atom is 0.243 e. The van der Waals surface area contributed by atoms with E-state index in [-0.39, 0.29) is 42.5 Å². The number of aryl methyl sites for hydroxylation is 2. The zero-order valence-corrected chi connectivity index (χ0v) is 20.9. The predicted molar refractivity (Wildman–Crippen MR) is 131 cm³/mol. The lowest BCUT2D eigenvalue weighted by Gasteiger charge is -2.25. The second-order valence-corrected chi connectivity index (χ2v) is 7.62. The highest BCUT2D eigenvalue weighted by molar-refractivity contribution is 14.0. The molecule has 1 aromatic heterocycles. The van der Waals surface area contributed by atoms with Gasteiger partial charge in [0.1, 0.15) is 23.9 Å². The van der Waals surface area contributed by atoms with Gasteiger partial charge >= 0.3 is 0 Å². The van der Waals surface area contributed by atoms with Gasteiger partial charge in [-0.2, -0.15) is 5.10 Å². The minimum absolute atomic E-state index is 0. The van der Waals surface area contributed by atoms with Crippen molar-refractivity contribution in [3.05, 3.63) is 41.5 Å². The van der Waals surface area contributed by atoms with Crippen LogP contribution >= 0.6 is 24.0 Å². The van der Waals surface area contributed by atoms with Gasteiger partial charge in [0.25, 0.3) is 0 Å². The number of benzene rings is 1. The topological polar surface area (TPSA) is 96.7 Å². The van der Waals surface area contributed by atoms with Crippen LogP contribution in [-0.2, 0) is 24.2 Å². The van der Waals surface area contributed by atoms with E-state index in [0.29, 0.717) is 12.5 Å². The van der Waals surface area contributed by atoms with Crippen molar-refractivity contribution in [2.45, 2.75) is 38.8 Å². The lowest BCUT2D eigenvalue weighted by molar-refractivity contribution is -0.127. The monoisotopic (exact) mass is 541 g/mol. The van der Waals surface area contributed by atoms with E-state index in [2.05, 4.69) is 37.8 Å². The van der Waals surface area contributed by atoms with Gasteiger partial charge < -0.3 is 20.3 Å². The van der Waals surface area contributed by atoms with Gasteiger partial charge in [-0.3, -0.25) is 4.79 Å². The van der Waals surface area contributed by atoms with Crippen molar-refractivity contribution in [2.24, 2.45) is 4.99 Å². The molecule has 10 heteroatoms. The third kappa shape index (κ3) is 7.37. The highest BCUT2D eigenvalue weighted by Gasteiger charge is 2.21. The van der Waals surface area contributed by atoms with Gasteiger partial charge in [0, 0.05) is 33.1 Å². The molecule has 0 spiro atoms. The van der Waals surface area contributed by atoms with Gasteiger partial charge in [-0.05, 0) is 37.5 Å². The number of hydrogen-bond donors (Lipinski definition) is 2. The quantitative estimate of drug-likeness (QED) is 0.313. The fraction of sp³-hybridized carbons (Fsp3) is 0.524. The normalized spacial score (nSPS) is 15.5. The smallest absolute Gasteiger partial charge is 0.243 e. The molecule has 0 saturated carbocycles. The lowest BCUT2D eigenvalue weighted by atomic mass is 10.1. The molecule has 170 valence electrons. The Balaban J connectivity index is 0.00000341. The number of nitrogens with zero attached hydrogens (tertiary/aromatic N) is 5. The minimum atomic E-state index is -0.0379. The van der Waals surface area contributed by atoms with Gasteiger partial charge in [0.15, 0.2) is 5.96 Å². The summed E-state index contributed by atoms with van der Waals surface area (Å²) >= 11 is 0. The summed E-state index contributed by atoms with van der Waals surface area (Å²) in [4.78, 5) is 22.5. The Morgan fingerprint density at radius 2 is 2.06 bits per heavy atom. The first-order valence-corrected chi connectivity index (χ1v) is 10.2. The summed E-state index contributed by atoms with van der Waals surface area (Å²) in [6, 6.07) is 8.20. The summed E-state index contributed by atoms with van der Waals surface area (Å²) in [6.07, 6.45) is 2.65. The Hall–Kier alpha value is -2.37. The number of rotatable bonds is 7. The van der Waals surface area contributed by atoms with Crippen LogP contribution in [0.15, 0.2) is 29.3 Å². The molecule has 1 unspecified atom stereocenters. The fourth-order valence-electron chi connectivity index (χ4n) is 3.30. The van der Waals surface area contributed by atoms with E-state index in [4.69, 9.17) is 4.74 Å². The van der Waals surface area contributed by atoms with E-state index in [1.54, 1.807) is 26.1 Å². The molecule has 9 nitrogen and oxygen atoms in total. The van der Waals surface area contributed by atoms with Crippen molar-refractivity contribution in [1.29, 1.82) is 0 Å². The number of hydrogen-bond acceptors (Lipinski definition) is 5. The number of halogens is 1. The van der Waals surface area contributed by atoms with Gasteiger partial charge in [0.05, 0.1) is 13.7 Å². The van der Waals surface area contributed by atoms with Crippen molar-refractivity contribution >= 4 is 35.8 Å². The molecule has 0 bridgehead atoms. The number of likely N-dealkylation sites (N-methyl/N-ethyl adjacent to an activating group) is 1. The third-order valence-corrected chi connectivity index (χ3v) is 5.04. The predicted octanol–water partition coefficient (Wildman–Crippen LogP) is 1.39. The van der Waals surface area contributed by atoms with Crippen LogP contribution in [0.4, 0.5) is 0 Å². The van der Waals surface area contributed by atoms with Gasteiger partial charge in [-0.25, -0.2) is 14.7 Å². The molecule has 1 amide bonds. The van der Waals surface area contributed by atoms with Gasteiger partial charge in [0.2, 0.25) is 5.91 Å². The summed E-state index contributed by atoms with van der Waals surface area (Å²) < 4.78 is 7.16. The number of guanidine groups is 1. The second kappa shape index (κ2) is 11.9. The number of carbonyl (C=O) groups is 1. The molecule has 2 aromatic rings. The average Bonchev–Trinajstić information content (AvgIpc) is 3.11. The number of ether oxygens (including phenoxy) is 1. The molecule has 31 heavy (non-hydrogen) atoms. The molecule has 2 heterocycles. The largest absolute Gasteiger partial charge is 0.497 e. The van der Waals surface area contributed by atoms with Crippen molar-refractivity contribution in [3.8, 4) is 5.75 Å². The first kappa shape index (κ1) is 24.9. The SMILES string of the molecule is COc1ccc(CCNC(=NCC(=O)N(C)C)NC2CCc3nc(C)nn3C2)cc1.I. The molecule has 0 aliphatic carbocycles. The molecular formula is C21H32IN7O2. The van der Waals surface area contributed by atoms with E-state index in [1.165, 1.54) is 5.56 Å². The minimum Gasteiger partial charge on any atom is -0.497 e. The summed E-state index contributed by atoms with van der Waals surface area (Å²) in [7, 11) is 5.13. The number of nitrogens with one attached hydrogen (secondary N) is 2. The zero-order valence-electron chi connectivity index (χ0n) is 18.6. The Kier molecular flexibility index (Phi) is 9.53. The zero-order chi connectivity index (χ0) is 21.5. The number of carbonyl (C=O) groups excluding carboxylic acids is 1. The Morgan fingerprint density at radius 3 is 2.74 bits per heavy atom. The van der Waals surface area contributed by atoms with Gasteiger partial charge in [-0.15, -0.1) is 24.0 Å². The Labute approximate surface area is 200 Å². The lowest BCUT2D eigenvalue weighted by Crippen LogP contribution is -2.48. The van der Waals surface area contributed by atoms with E-state index < -0.39 is 0 Å². The van der Waals surface area contributed by atoms with Crippen LogP contribution in [0.25, 0.3) is 0 Å². The van der Waals surface area contributed by atoms with E-state index in [1.807, 2.05) is 23.7 Å². The number of aromatic nitrogens is 3. The summed E-state index contributed by atoms with van der Waals surface area (Å²) in [5.74, 6) is 3.28. The van der Waals surface area contributed by atoms with Crippen LogP contribution in [0.3, 0.4) is 0 Å². The Bertz CT molecular complexity index is 880. The summed E-state index contributed by atoms with van der Waals surface area (Å²) in [6.45, 7) is 3.45. The van der Waals surface area contributed by atoms with Crippen LogP contribution in [0, 0.1) is 6.92 Å². The third-order valence-electron chi connectivity index (χ3n) is 5.04. The van der Waals surface area contributed by atoms with Crippen molar-refractivity contribution in [1.82, 2.24) is 30.3 Å². The first-order chi connectivity index (χ1) is 14.4. The molecule has 0 radical (unpaired) electrons. The molecule has 0 saturated heterocycles. The molecule has 1 aliphatic heterocycles. The number of amides is 1. The summed E-state index contributed by atoms with van der Waals surface area (Å²) in [5, 5.41) is 11.3. The van der Waals surface area contributed by atoms with Gasteiger partial charge in [-0.1, -0.05) is 12.1 Å². The molecule has 0 fully saturated rings. The van der Waals surface area contributed by atoms with Crippen molar-refractivity contribution in [2.75, 3.05) is 34.3 Å². The van der Waals surface area contributed by atoms with Crippen LogP contribution in [0.1, 0.15) is 23.6 Å². The summed E-state index contributed by atoms with van der Waals surface area (Å²) in [5.41, 5.74) is 1.20. The van der Waals surface area contributed by atoms with Crippen LogP contribution < -0.4 is 15.4 Å². The van der Waals surface area contributed by atoms with Crippen LogP contribution in [-0.4, -0.2) is 71.9 Å². The average molecular weight is 541 g/mol. The Morgan fingerprint density at radius 1 is 1.32 bits per heavy atom. The molecule has 1 aliphatic rings. The van der Waals surface area contributed by atoms with E-state index >= 15 is 0 Å². The van der Waals surface area contributed by atoms with E-state index in [9.17, 15) is 4.79 Å². The molecule has 2 N–H and O–H groups in total. The standard InChI is InChI=1S/C21H31N7O2.HI/c1-15-24-19-10-7-17(14-28(19)26-15)25-21(23-13-20(29)27(2)3)22-12-11-16-5-8-18(30-4)9-6-16;/h5-6,8-9,17H,7,10-14H2,1-4H3,(H2,22,23,25);1H. The van der Waals surface area contributed by atoms with Crippen LogP contribution in [0.5, 0.6) is 5.75 Å². The highest BCUT2D eigenvalue weighted by atomic mass is 127. The number of fused-ring (bicyclic) bond motifs is 1. The molecule has 1 aromatic carbocycles. The maximum absolute atomic E-state index is 12.0. The van der Waals surface area contributed by atoms with Crippen LogP contribution in [0.2, 0.25) is 0 Å². The van der Waals surface area contributed by atoms with E-state index in [0.717, 1.165) is 43.2 Å². The second-order valence-electron chi connectivity index (χ2n) is 7.62. The highest BCUT2D eigenvalue weighted by Crippen LogP contribution is 2.13. The molecular weight excluding hydrogens is 509 g/mol. The van der Waals surface area contributed by atoms with Crippen molar-refractivity contribution < 1.29 is 9.53 Å². The molecule has 1 atom stereocenters. The fourth-order valence-corrected chi connectivity index (χ4v) is 3.30. The number of aliphatic imine (C=N–C) groups is 1. The molecule has 3 rings (SSSR count).